The molecular weight excluding hydrogens is 449 g/mol. The van der Waals surface area contributed by atoms with Crippen molar-refractivity contribution in [3.05, 3.63) is 93.2 Å². The molecule has 2 aromatic carbocycles. The number of hydrogen-bond acceptors (Lipinski definition) is 3. The van der Waals surface area contributed by atoms with E-state index >= 15 is 0 Å². The van der Waals surface area contributed by atoms with Crippen LogP contribution in [0.2, 0.25) is 6.32 Å². The number of thiophene rings is 2. The Morgan fingerprint density at radius 3 is 2.12 bits per heavy atom. The summed E-state index contributed by atoms with van der Waals surface area (Å²) >= 11 is 3.68. The molecule has 0 atom stereocenters. The van der Waals surface area contributed by atoms with Gasteiger partial charge in [-0.1, -0.05) is 61.3 Å². The molecule has 4 aromatic rings. The van der Waals surface area contributed by atoms with Crippen LogP contribution in [0.3, 0.4) is 0 Å². The standard InChI is InChI=1S/C30H32BNS2/c1-20(27-16-29(33-19-27)25-13-9-24(18-32)10-14-25)21(2)28-17-30(34-22(28)3)26-11-7-23(8-12-26)6-4-5-15-31/h7-14,16-17,19H,4-6,15,18,32H2,1-3H3/b21-20-. The molecule has 4 heteroatoms. The van der Waals surface area contributed by atoms with Crippen LogP contribution in [0.5, 0.6) is 0 Å². The second-order valence-corrected chi connectivity index (χ2v) is 11.0. The second-order valence-electron chi connectivity index (χ2n) is 8.87. The first-order valence-electron chi connectivity index (χ1n) is 12.0. The molecular formula is C30H32BNS2. The largest absolute Gasteiger partial charge is 0.326 e. The maximum atomic E-state index is 5.74. The number of benzene rings is 2. The third-order valence-corrected chi connectivity index (χ3v) is 8.63. The number of unbranched alkanes of at least 4 members (excludes halogenated alkanes) is 1. The van der Waals surface area contributed by atoms with E-state index in [0.29, 0.717) is 6.54 Å². The Labute approximate surface area is 213 Å². The summed E-state index contributed by atoms with van der Waals surface area (Å²) in [4.78, 5) is 3.99. The van der Waals surface area contributed by atoms with E-state index in [0.717, 1.165) is 31.1 Å². The van der Waals surface area contributed by atoms with Gasteiger partial charge < -0.3 is 5.73 Å². The number of aryl methyl sites for hydroxylation is 2. The van der Waals surface area contributed by atoms with Gasteiger partial charge in [0.25, 0.3) is 0 Å². The van der Waals surface area contributed by atoms with Gasteiger partial charge in [-0.15, -0.1) is 22.7 Å². The number of rotatable bonds is 9. The highest BCUT2D eigenvalue weighted by atomic mass is 32.1. The van der Waals surface area contributed by atoms with E-state index in [2.05, 4.69) is 86.8 Å². The first kappa shape index (κ1) is 24.7. The Kier molecular flexibility index (Phi) is 8.26. The number of nitrogens with two attached hydrogens (primary N) is 1. The van der Waals surface area contributed by atoms with Crippen LogP contribution in [0.4, 0.5) is 0 Å². The average molecular weight is 482 g/mol. The molecule has 0 saturated heterocycles. The van der Waals surface area contributed by atoms with E-state index in [1.165, 1.54) is 53.6 Å². The quantitative estimate of drug-likeness (QED) is 0.188. The lowest BCUT2D eigenvalue weighted by atomic mass is 9.97. The summed E-state index contributed by atoms with van der Waals surface area (Å²) in [6.07, 6.45) is 4.13. The first-order chi connectivity index (χ1) is 16.5. The first-order valence-corrected chi connectivity index (χ1v) is 13.7. The van der Waals surface area contributed by atoms with Crippen LogP contribution in [0.1, 0.15) is 53.8 Å². The van der Waals surface area contributed by atoms with Crippen LogP contribution in [0.15, 0.2) is 66.0 Å². The van der Waals surface area contributed by atoms with Crippen molar-refractivity contribution < 1.29 is 0 Å². The Morgan fingerprint density at radius 1 is 0.824 bits per heavy atom. The van der Waals surface area contributed by atoms with Gasteiger partial charge in [-0.3, -0.25) is 0 Å². The molecule has 0 aliphatic heterocycles. The van der Waals surface area contributed by atoms with E-state index < -0.39 is 0 Å². The van der Waals surface area contributed by atoms with Crippen molar-refractivity contribution >= 4 is 41.7 Å². The molecule has 0 amide bonds. The van der Waals surface area contributed by atoms with Gasteiger partial charge in [-0.05, 0) is 95.7 Å². The summed E-state index contributed by atoms with van der Waals surface area (Å²) in [6.45, 7) is 7.31. The molecule has 0 saturated carbocycles. The van der Waals surface area contributed by atoms with Crippen molar-refractivity contribution in [1.29, 1.82) is 0 Å². The van der Waals surface area contributed by atoms with Gasteiger partial charge >= 0.3 is 0 Å². The highest BCUT2D eigenvalue weighted by molar-refractivity contribution is 7.15. The van der Waals surface area contributed by atoms with Crippen molar-refractivity contribution in [2.75, 3.05) is 0 Å². The lowest BCUT2D eigenvalue weighted by molar-refractivity contribution is 0.794. The highest BCUT2D eigenvalue weighted by Gasteiger charge is 2.13. The summed E-state index contributed by atoms with van der Waals surface area (Å²) in [5, 5.41) is 2.27. The van der Waals surface area contributed by atoms with Crippen LogP contribution in [-0.4, -0.2) is 7.85 Å². The third kappa shape index (κ3) is 5.63. The molecule has 0 unspecified atom stereocenters. The monoisotopic (exact) mass is 481 g/mol. The van der Waals surface area contributed by atoms with Gasteiger partial charge in [0.1, 0.15) is 0 Å². The average Bonchev–Trinajstić information content (AvgIpc) is 3.51. The molecule has 2 radical (unpaired) electrons. The predicted octanol–water partition coefficient (Wildman–Crippen LogP) is 8.77. The number of hydrogen-bond donors (Lipinski definition) is 1. The third-order valence-electron chi connectivity index (χ3n) is 6.55. The molecule has 34 heavy (non-hydrogen) atoms. The number of allylic oxidation sites excluding steroid dienone is 2. The van der Waals surface area contributed by atoms with Crippen LogP contribution >= 0.6 is 22.7 Å². The van der Waals surface area contributed by atoms with Crippen LogP contribution < -0.4 is 5.73 Å². The zero-order valence-electron chi connectivity index (χ0n) is 20.4. The van der Waals surface area contributed by atoms with Crippen LogP contribution in [-0.2, 0) is 13.0 Å². The molecule has 0 aliphatic rings. The zero-order valence-corrected chi connectivity index (χ0v) is 22.0. The molecule has 0 fully saturated rings. The van der Waals surface area contributed by atoms with Gasteiger partial charge in [0.15, 0.2) is 0 Å². The maximum absolute atomic E-state index is 5.74. The minimum absolute atomic E-state index is 0.581. The van der Waals surface area contributed by atoms with Gasteiger partial charge in [-0.2, -0.15) is 0 Å². The summed E-state index contributed by atoms with van der Waals surface area (Å²) < 4.78 is 0. The summed E-state index contributed by atoms with van der Waals surface area (Å²) in [6, 6.07) is 22.3. The lowest BCUT2D eigenvalue weighted by Gasteiger charge is -2.06. The smallest absolute Gasteiger partial charge is 0.0653 e. The minimum Gasteiger partial charge on any atom is -0.326 e. The predicted molar refractivity (Wildman–Crippen MR) is 154 cm³/mol. The molecule has 4 rings (SSSR count). The fraction of sp³-hybridized carbons (Fsp3) is 0.267. The Bertz CT molecular complexity index is 1260. The molecule has 172 valence electrons. The fourth-order valence-corrected chi connectivity index (χ4v) is 6.26. The van der Waals surface area contributed by atoms with Crippen molar-refractivity contribution in [3.8, 4) is 20.9 Å². The topological polar surface area (TPSA) is 26.0 Å². The second kappa shape index (κ2) is 11.4. The van der Waals surface area contributed by atoms with Gasteiger partial charge in [0.05, 0.1) is 7.85 Å². The van der Waals surface area contributed by atoms with Gasteiger partial charge in [0.2, 0.25) is 0 Å². The highest BCUT2D eigenvalue weighted by Crippen LogP contribution is 2.39. The fourth-order valence-electron chi connectivity index (χ4n) is 4.21. The Balaban J connectivity index is 1.55. The Hall–Kier alpha value is -2.40. The summed E-state index contributed by atoms with van der Waals surface area (Å²) in [5.74, 6) is 0. The Morgan fingerprint density at radius 2 is 1.47 bits per heavy atom. The molecule has 0 bridgehead atoms. The van der Waals surface area contributed by atoms with Gasteiger partial charge in [-0.25, -0.2) is 0 Å². The van der Waals surface area contributed by atoms with E-state index in [4.69, 9.17) is 13.6 Å². The van der Waals surface area contributed by atoms with E-state index in [1.807, 2.05) is 11.3 Å². The molecule has 2 heterocycles. The molecule has 2 aromatic heterocycles. The minimum atomic E-state index is 0.581. The zero-order chi connectivity index (χ0) is 24.1. The maximum Gasteiger partial charge on any atom is 0.0653 e. The normalized spacial score (nSPS) is 12.1. The summed E-state index contributed by atoms with van der Waals surface area (Å²) in [5.41, 5.74) is 16.2. The van der Waals surface area contributed by atoms with Crippen molar-refractivity contribution in [1.82, 2.24) is 0 Å². The SMILES string of the molecule is [B]CCCCc1ccc(-c2cc(/C(C)=C(/C)c3csc(-c4ccc(CN)cc4)c3)c(C)s2)cc1. The van der Waals surface area contributed by atoms with Crippen LogP contribution in [0.25, 0.3) is 32.0 Å². The molecule has 1 nitrogen and oxygen atoms in total. The summed E-state index contributed by atoms with van der Waals surface area (Å²) in [7, 11) is 5.62. The van der Waals surface area contributed by atoms with Crippen LogP contribution in [0, 0.1) is 6.92 Å². The van der Waals surface area contributed by atoms with Crippen molar-refractivity contribution in [3.63, 3.8) is 0 Å². The lowest BCUT2D eigenvalue weighted by Crippen LogP contribution is -1.94. The van der Waals surface area contributed by atoms with E-state index in [-0.39, 0.29) is 0 Å². The van der Waals surface area contributed by atoms with Crippen molar-refractivity contribution in [2.45, 2.75) is 52.9 Å². The molecule has 0 spiro atoms. The van der Waals surface area contributed by atoms with Crippen molar-refractivity contribution in [2.24, 2.45) is 5.73 Å². The molecule has 0 aliphatic carbocycles. The van der Waals surface area contributed by atoms with E-state index in [9.17, 15) is 0 Å². The molecule has 2 N–H and O–H groups in total. The van der Waals surface area contributed by atoms with E-state index in [1.54, 1.807) is 11.3 Å². The van der Waals surface area contributed by atoms with Gasteiger partial charge in [0, 0.05) is 21.2 Å².